The minimum atomic E-state index is -0.0292. The van der Waals surface area contributed by atoms with E-state index in [9.17, 15) is 19.5 Å². The van der Waals surface area contributed by atoms with E-state index in [1.54, 1.807) is 0 Å². The monoisotopic (exact) mass is 1120 g/mol. The summed E-state index contributed by atoms with van der Waals surface area (Å²) in [6, 6.07) is 0. The van der Waals surface area contributed by atoms with Gasteiger partial charge in [-0.3, -0.25) is 14.4 Å². The minimum absolute atomic E-state index is 0.0267. The van der Waals surface area contributed by atoms with Gasteiger partial charge < -0.3 is 29.1 Å². The highest BCUT2D eigenvalue weighted by atomic mass is 16.5. The largest absolute Gasteiger partial charge is 0.466 e. The van der Waals surface area contributed by atoms with Gasteiger partial charge in [0.15, 0.2) is 0 Å². The Kier molecular flexibility index (Phi) is 65.6. The predicted octanol–water partition coefficient (Wildman–Crippen LogP) is 20.3. The molecule has 0 aromatic carbocycles. The van der Waals surface area contributed by atoms with Gasteiger partial charge in [0.25, 0.3) is 0 Å². The average molecular weight is 1120 g/mol. The maximum Gasteiger partial charge on any atom is 0.305 e. The van der Waals surface area contributed by atoms with Crippen molar-refractivity contribution >= 4 is 17.9 Å². The lowest BCUT2D eigenvalue weighted by Gasteiger charge is -2.26. The van der Waals surface area contributed by atoms with Crippen molar-refractivity contribution < 1.29 is 33.7 Å². The Labute approximate surface area is 492 Å². The maximum atomic E-state index is 12.5. The first kappa shape index (κ1) is 77.3. The number of esters is 3. The van der Waals surface area contributed by atoms with E-state index in [4.69, 9.17) is 14.2 Å². The zero-order valence-electron chi connectivity index (χ0n) is 53.5. The molecule has 0 heterocycles. The van der Waals surface area contributed by atoms with Gasteiger partial charge in [0.05, 0.1) is 19.8 Å². The molecule has 0 fully saturated rings. The molecule has 0 bridgehead atoms. The quantitative estimate of drug-likeness (QED) is 0.0362. The van der Waals surface area contributed by atoms with Gasteiger partial charge in [-0.2, -0.15) is 0 Å². The molecule has 0 aromatic heterocycles. The van der Waals surface area contributed by atoms with Crippen LogP contribution in [0, 0.1) is 0 Å². The second-order valence-electron chi connectivity index (χ2n) is 24.3. The van der Waals surface area contributed by atoms with E-state index in [-0.39, 0.29) is 24.5 Å². The first-order valence-corrected chi connectivity index (χ1v) is 35.5. The van der Waals surface area contributed by atoms with Crippen molar-refractivity contribution in [3.63, 3.8) is 0 Å². The molecule has 0 unspecified atom stereocenters. The Bertz CT molecular complexity index is 1170. The normalized spacial score (nSPS) is 11.6. The predicted molar refractivity (Wildman–Crippen MR) is 339 cm³/mol. The molecule has 0 aromatic rings. The zero-order chi connectivity index (χ0) is 57.3. The first-order valence-electron chi connectivity index (χ1n) is 35.5. The highest BCUT2D eigenvalue weighted by molar-refractivity contribution is 5.69. The fourth-order valence-electron chi connectivity index (χ4n) is 11.1. The Hall–Kier alpha value is -1.71. The third kappa shape index (κ3) is 63.7. The van der Waals surface area contributed by atoms with Gasteiger partial charge in [0, 0.05) is 25.9 Å². The first-order chi connectivity index (χ1) is 39.0. The van der Waals surface area contributed by atoms with Crippen LogP contribution in [-0.4, -0.2) is 98.5 Å². The van der Waals surface area contributed by atoms with Crippen molar-refractivity contribution in [2.45, 2.75) is 367 Å². The molecule has 470 valence electrons. The number of nitrogens with zero attached hydrogens (tertiary/aromatic N) is 2. The smallest absolute Gasteiger partial charge is 0.305 e. The lowest BCUT2D eigenvalue weighted by molar-refractivity contribution is -0.144. The fourth-order valence-corrected chi connectivity index (χ4v) is 11.1. The Balaban J connectivity index is 4.58. The number of rotatable bonds is 68. The van der Waals surface area contributed by atoms with Gasteiger partial charge in [-0.15, -0.1) is 0 Å². The number of carbonyl (C=O) groups is 3. The Morgan fingerprint density at radius 3 is 0.671 bits per heavy atom. The molecule has 0 aliphatic heterocycles. The van der Waals surface area contributed by atoms with Crippen LogP contribution < -0.4 is 0 Å². The van der Waals surface area contributed by atoms with E-state index in [0.717, 1.165) is 174 Å². The molecule has 9 nitrogen and oxygen atoms in total. The molecule has 0 aliphatic carbocycles. The van der Waals surface area contributed by atoms with Crippen LogP contribution in [0.4, 0.5) is 0 Å². The van der Waals surface area contributed by atoms with Crippen molar-refractivity contribution in [1.29, 1.82) is 0 Å². The molecule has 0 spiro atoms. The van der Waals surface area contributed by atoms with Gasteiger partial charge in [-0.25, -0.2) is 0 Å². The number of unbranched alkanes of at least 4 members (excludes halogenated alkanes) is 43. The van der Waals surface area contributed by atoms with Crippen LogP contribution in [-0.2, 0) is 28.6 Å². The average Bonchev–Trinajstić information content (AvgIpc) is 3.44. The third-order valence-electron chi connectivity index (χ3n) is 16.4. The van der Waals surface area contributed by atoms with Gasteiger partial charge >= 0.3 is 17.9 Å². The molecule has 1 N–H and O–H groups in total. The van der Waals surface area contributed by atoms with E-state index in [2.05, 4.69) is 30.6 Å². The number of ether oxygens (including phenoxy) is 3. The molecule has 0 rings (SSSR count). The van der Waals surface area contributed by atoms with E-state index >= 15 is 0 Å². The van der Waals surface area contributed by atoms with Crippen LogP contribution >= 0.6 is 0 Å². The van der Waals surface area contributed by atoms with Crippen molar-refractivity contribution in [2.24, 2.45) is 0 Å². The fraction of sp³-hybridized carbons (Fsp3) is 0.957. The summed E-state index contributed by atoms with van der Waals surface area (Å²) < 4.78 is 16.8. The summed E-state index contributed by atoms with van der Waals surface area (Å²) in [5, 5.41) is 9.53. The summed E-state index contributed by atoms with van der Waals surface area (Å²) >= 11 is 0. The highest BCUT2D eigenvalue weighted by Crippen LogP contribution is 2.17. The molecule has 79 heavy (non-hydrogen) atoms. The number of hydrogen-bond donors (Lipinski definition) is 1. The van der Waals surface area contributed by atoms with Crippen LogP contribution in [0.3, 0.4) is 0 Å². The molecule has 9 heteroatoms. The lowest BCUT2D eigenvalue weighted by Crippen LogP contribution is -2.32. The summed E-state index contributed by atoms with van der Waals surface area (Å²) in [5.41, 5.74) is 0. The van der Waals surface area contributed by atoms with Gasteiger partial charge in [0.1, 0.15) is 0 Å². The van der Waals surface area contributed by atoms with Crippen LogP contribution in [0.5, 0.6) is 0 Å². The Morgan fingerprint density at radius 1 is 0.241 bits per heavy atom. The van der Waals surface area contributed by atoms with Gasteiger partial charge in [0.2, 0.25) is 0 Å². The van der Waals surface area contributed by atoms with Crippen LogP contribution in [0.2, 0.25) is 0 Å². The molecule has 0 radical (unpaired) electrons. The molecule has 0 saturated heterocycles. The van der Waals surface area contributed by atoms with Crippen LogP contribution in [0.15, 0.2) is 0 Å². The van der Waals surface area contributed by atoms with Crippen LogP contribution in [0.25, 0.3) is 0 Å². The number of aliphatic hydroxyl groups excluding tert-OH is 1. The maximum absolute atomic E-state index is 12.5. The van der Waals surface area contributed by atoms with Crippen molar-refractivity contribution in [2.75, 3.05) is 65.7 Å². The van der Waals surface area contributed by atoms with E-state index in [1.807, 2.05) is 0 Å². The molecular formula is C70H138N2O7. The van der Waals surface area contributed by atoms with Gasteiger partial charge in [-0.05, 0) is 116 Å². The molecule has 0 saturated carbocycles. The summed E-state index contributed by atoms with van der Waals surface area (Å²) in [5.74, 6) is -0.0825. The van der Waals surface area contributed by atoms with E-state index < -0.39 is 0 Å². The molecule has 0 atom stereocenters. The van der Waals surface area contributed by atoms with E-state index in [1.165, 1.54) is 193 Å². The third-order valence-corrected chi connectivity index (χ3v) is 16.4. The highest BCUT2D eigenvalue weighted by Gasteiger charge is 2.11. The standard InChI is InChI=1S/C70H138N2O7/c1-4-7-10-13-16-19-22-25-28-31-40-51-65-77-68(74)55-43-34-37-46-58-71(59-47-38-35-44-56-69(75)78-66-52-41-32-29-26-23-20-17-14-11-8-5-2)62-54-63-72(61-49-50-64-73)60-48-39-36-45-57-70(76)79-67-53-42-33-30-27-24-21-18-15-12-9-6-3/h73H,4-67H2,1-3H3. The number of aliphatic hydroxyl groups is 1. The van der Waals surface area contributed by atoms with Crippen molar-refractivity contribution in [3.8, 4) is 0 Å². The lowest BCUT2D eigenvalue weighted by atomic mass is 10.1. The summed E-state index contributed by atoms with van der Waals surface area (Å²) in [6.07, 6.45) is 64.5. The zero-order valence-corrected chi connectivity index (χ0v) is 53.5. The van der Waals surface area contributed by atoms with Crippen LogP contribution in [0.1, 0.15) is 367 Å². The summed E-state index contributed by atoms with van der Waals surface area (Å²) in [6.45, 7) is 15.2. The minimum Gasteiger partial charge on any atom is -0.466 e. The molecule has 0 aliphatic rings. The van der Waals surface area contributed by atoms with Gasteiger partial charge in [-0.1, -0.05) is 271 Å². The SMILES string of the molecule is CCCCCCCCCCCCCCOC(=O)CCCCCCN(CCCCO)CCCN(CCCCCCC(=O)OCCCCCCCCCCCCCC)CCCCCCC(=O)OCCCCCCCCCCCCCC. The van der Waals surface area contributed by atoms with Crippen molar-refractivity contribution in [1.82, 2.24) is 9.80 Å². The second-order valence-corrected chi connectivity index (χ2v) is 24.3. The topological polar surface area (TPSA) is 106 Å². The van der Waals surface area contributed by atoms with Crippen molar-refractivity contribution in [3.05, 3.63) is 0 Å². The van der Waals surface area contributed by atoms with E-state index in [0.29, 0.717) is 39.1 Å². The Morgan fingerprint density at radius 2 is 0.430 bits per heavy atom. The number of carbonyl (C=O) groups excluding carboxylic acids is 3. The molecular weight excluding hydrogens is 981 g/mol. The summed E-state index contributed by atoms with van der Waals surface area (Å²) in [4.78, 5) is 42.6. The molecule has 0 amide bonds. The number of hydrogen-bond acceptors (Lipinski definition) is 9. The second kappa shape index (κ2) is 67.1. The summed E-state index contributed by atoms with van der Waals surface area (Å²) in [7, 11) is 0.